The molecule has 0 aliphatic carbocycles. The average molecular weight is 927 g/mol. The van der Waals surface area contributed by atoms with E-state index in [0.29, 0.717) is 42.2 Å². The Hall–Kier alpha value is -5.41. The second kappa shape index (κ2) is 16.4. The molecule has 4 bridgehead atoms. The van der Waals surface area contributed by atoms with Crippen molar-refractivity contribution in [1.82, 2.24) is 15.1 Å². The Bertz CT molecular complexity index is 2580. The number of nitriles is 1. The zero-order chi connectivity index (χ0) is 47.4. The van der Waals surface area contributed by atoms with Gasteiger partial charge in [0.25, 0.3) is 0 Å². The average Bonchev–Trinajstić information content (AvgIpc) is 3.73. The molecule has 0 aromatic heterocycles. The van der Waals surface area contributed by atoms with Crippen molar-refractivity contribution in [1.29, 1.82) is 5.26 Å². The van der Waals surface area contributed by atoms with Crippen LogP contribution in [-0.4, -0.2) is 104 Å². The molecule has 0 amide bonds. The third-order valence-electron chi connectivity index (χ3n) is 13.7. The highest BCUT2D eigenvalue weighted by Crippen LogP contribution is 2.63. The number of hydrogen-bond donors (Lipinski definition) is 1. The van der Waals surface area contributed by atoms with E-state index in [1.807, 2.05) is 20.9 Å². The summed E-state index contributed by atoms with van der Waals surface area (Å²) < 4.78 is 54.1. The number of nitrogens with zero attached hydrogens (tertiary/aromatic N) is 3. The third-order valence-corrected chi connectivity index (χ3v) is 15.2. The van der Waals surface area contributed by atoms with E-state index in [1.165, 1.54) is 7.11 Å². The minimum Gasteiger partial charge on any atom is -0.493 e. The maximum Gasteiger partial charge on any atom is 0.514 e. The van der Waals surface area contributed by atoms with Crippen molar-refractivity contribution < 1.29 is 57.0 Å². The molecule has 7 atom stereocenters. The molecule has 7 aliphatic heterocycles. The zero-order valence-electron chi connectivity index (χ0n) is 39.6. The Morgan fingerprint density at radius 1 is 0.864 bits per heavy atom. The van der Waals surface area contributed by atoms with Crippen molar-refractivity contribution in [3.05, 3.63) is 68.3 Å². The molecule has 2 saturated heterocycles. The Balaban J connectivity index is 1.24. The number of carbonyl (C=O) groups excluding carboxylic acids is 3. The van der Waals surface area contributed by atoms with Crippen molar-refractivity contribution in [2.75, 3.05) is 47.0 Å². The van der Waals surface area contributed by atoms with Crippen molar-refractivity contribution >= 4 is 30.0 Å². The summed E-state index contributed by atoms with van der Waals surface area (Å²) in [6.07, 6.45) is -0.756. The molecule has 3 aromatic rings. The molecule has 0 radical (unpaired) electrons. The lowest BCUT2D eigenvalue weighted by molar-refractivity contribution is -0.157. The molecular formula is C49H58N4O12S. The summed E-state index contributed by atoms with van der Waals surface area (Å²) in [6, 6.07) is 5.69. The normalized spacial score (nSPS) is 26.4. The summed E-state index contributed by atoms with van der Waals surface area (Å²) in [6.45, 7) is 17.0. The molecule has 7 aliphatic rings. The number of carbonyl (C=O) groups is 3. The van der Waals surface area contributed by atoms with E-state index in [9.17, 15) is 14.9 Å². The highest BCUT2D eigenvalue weighted by atomic mass is 32.2. The molecule has 10 rings (SSSR count). The Morgan fingerprint density at radius 3 is 2.23 bits per heavy atom. The van der Waals surface area contributed by atoms with Crippen LogP contribution >= 0.6 is 11.8 Å². The van der Waals surface area contributed by atoms with Crippen molar-refractivity contribution in [3.63, 3.8) is 0 Å². The molecule has 16 nitrogen and oxygen atoms in total. The van der Waals surface area contributed by atoms with E-state index in [2.05, 4.69) is 34.2 Å². The summed E-state index contributed by atoms with van der Waals surface area (Å²) in [4.78, 5) is 46.2. The second-order valence-electron chi connectivity index (χ2n) is 19.9. The van der Waals surface area contributed by atoms with Crippen LogP contribution in [0.4, 0.5) is 9.59 Å². The predicted octanol–water partition coefficient (Wildman–Crippen LogP) is 7.59. The number of likely N-dealkylation sites (N-methyl/N-ethyl adjacent to an activating group) is 1. The number of aryl methyl sites for hydroxylation is 1. The highest BCUT2D eigenvalue weighted by molar-refractivity contribution is 7.99. The van der Waals surface area contributed by atoms with Crippen LogP contribution in [-0.2, 0) is 37.4 Å². The van der Waals surface area contributed by atoms with Crippen LogP contribution in [0.1, 0.15) is 109 Å². The van der Waals surface area contributed by atoms with E-state index in [0.717, 1.165) is 44.5 Å². The molecule has 2 fully saturated rings. The Labute approximate surface area is 389 Å². The molecule has 17 heteroatoms. The maximum atomic E-state index is 15.1. The van der Waals surface area contributed by atoms with Crippen LogP contribution in [0.3, 0.4) is 0 Å². The van der Waals surface area contributed by atoms with E-state index < -0.39 is 64.4 Å². The van der Waals surface area contributed by atoms with Crippen LogP contribution in [0, 0.1) is 32.1 Å². The summed E-state index contributed by atoms with van der Waals surface area (Å²) in [5.74, 6) is 2.00. The van der Waals surface area contributed by atoms with Gasteiger partial charge in [0.2, 0.25) is 6.79 Å². The highest BCUT2D eigenvalue weighted by Gasteiger charge is 2.61. The quantitative estimate of drug-likeness (QED) is 0.154. The first-order valence-corrected chi connectivity index (χ1v) is 23.4. The van der Waals surface area contributed by atoms with Crippen molar-refractivity contribution in [2.24, 2.45) is 0 Å². The van der Waals surface area contributed by atoms with Crippen molar-refractivity contribution in [3.8, 4) is 40.6 Å². The molecule has 7 heterocycles. The topological polar surface area (TPSA) is 177 Å². The van der Waals surface area contributed by atoms with Gasteiger partial charge in [-0.15, -0.1) is 11.8 Å². The van der Waals surface area contributed by atoms with Crippen LogP contribution in [0.2, 0.25) is 0 Å². The van der Waals surface area contributed by atoms with Crippen LogP contribution in [0.5, 0.6) is 34.5 Å². The van der Waals surface area contributed by atoms with Gasteiger partial charge >= 0.3 is 18.3 Å². The summed E-state index contributed by atoms with van der Waals surface area (Å²) in [5.41, 5.74) is 4.69. The molecule has 352 valence electrons. The first-order chi connectivity index (χ1) is 31.2. The first kappa shape index (κ1) is 45.7. The summed E-state index contributed by atoms with van der Waals surface area (Å²) in [5, 5.41) is 14.5. The fourth-order valence-electron chi connectivity index (χ4n) is 11.0. The van der Waals surface area contributed by atoms with Crippen LogP contribution < -0.4 is 33.7 Å². The Kier molecular flexibility index (Phi) is 11.4. The number of rotatable bonds is 4. The molecule has 1 spiro atoms. The number of ether oxygens (including phenoxy) is 9. The number of thioether (sulfide) groups is 1. The number of hydrogen-bond acceptors (Lipinski definition) is 17. The number of benzene rings is 3. The monoisotopic (exact) mass is 926 g/mol. The fourth-order valence-corrected chi connectivity index (χ4v) is 12.8. The predicted molar refractivity (Wildman–Crippen MR) is 242 cm³/mol. The van der Waals surface area contributed by atoms with Gasteiger partial charge in [0.15, 0.2) is 40.0 Å². The van der Waals surface area contributed by atoms with Crippen LogP contribution in [0.15, 0.2) is 18.2 Å². The third kappa shape index (κ3) is 7.35. The second-order valence-corrected chi connectivity index (χ2v) is 21.0. The standard InChI is InChI=1S/C49H58N4O12S/c1-23-15-27-16-29-30(19-50)53-31-20-59-44(54)49(28-18-32(57-11)33(17-26(28)13-14-51-49)62-45(55)64-47(4,5)6)21-66-43(34-24(2)25(3)40-41(36(31)34)61-22-60-40)38(53)37(52(29)10)35(27)42(39(23)58-12)63-46(56)65-48(7,8)9/h15,17-18,29-31,37-38,43,51H,13-14,16,20-22H2,1-12H3/t29-,30+,31+,37-,38?,43-,49-/m1/s1. The van der Waals surface area contributed by atoms with Crippen LogP contribution in [0.25, 0.3) is 0 Å². The van der Waals surface area contributed by atoms with Gasteiger partial charge in [-0.05, 0) is 133 Å². The number of methoxy groups -OCH3 is 2. The van der Waals surface area contributed by atoms with Gasteiger partial charge in [-0.1, -0.05) is 6.07 Å². The minimum atomic E-state index is -1.38. The van der Waals surface area contributed by atoms with Gasteiger partial charge in [-0.25, -0.2) is 14.4 Å². The number of esters is 1. The van der Waals surface area contributed by atoms with Crippen molar-refractivity contribution in [2.45, 2.75) is 127 Å². The largest absolute Gasteiger partial charge is 0.514 e. The lowest BCUT2D eigenvalue weighted by atomic mass is 9.71. The minimum absolute atomic E-state index is 0.0264. The number of fused-ring (bicyclic) bond motifs is 9. The Morgan fingerprint density at radius 2 is 1.56 bits per heavy atom. The first-order valence-electron chi connectivity index (χ1n) is 22.3. The smallest absolute Gasteiger partial charge is 0.493 e. The van der Waals surface area contributed by atoms with E-state index in [4.69, 9.17) is 42.6 Å². The fraction of sp³-hybridized carbons (Fsp3) is 0.551. The van der Waals surface area contributed by atoms with E-state index in [1.54, 1.807) is 72.5 Å². The molecule has 1 N–H and O–H groups in total. The van der Waals surface area contributed by atoms with Gasteiger partial charge < -0.3 is 42.6 Å². The van der Waals surface area contributed by atoms with E-state index in [-0.39, 0.29) is 42.4 Å². The summed E-state index contributed by atoms with van der Waals surface area (Å²) in [7, 11) is 5.06. The molecule has 66 heavy (non-hydrogen) atoms. The van der Waals surface area contributed by atoms with Gasteiger partial charge in [-0.3, -0.25) is 15.1 Å². The zero-order valence-corrected chi connectivity index (χ0v) is 40.4. The van der Waals surface area contributed by atoms with Gasteiger partial charge in [-0.2, -0.15) is 5.26 Å². The maximum absolute atomic E-state index is 15.1. The van der Waals surface area contributed by atoms with Gasteiger partial charge in [0.05, 0.1) is 32.4 Å². The SMILES string of the molecule is COc1cc2c(cc1OC(=O)OC(C)(C)C)CCN[C@]21CS[C@@H]2c3c(C)c(C)c4c(c3[C@H](COC1=O)N1C2[C@H]2c3c(cc(C)c(OC)c3OC(=O)OC(C)(C)C)C[C@H]([C@@H]1C#N)N2C)OCO4. The lowest BCUT2D eigenvalue weighted by Crippen LogP contribution is -2.69. The summed E-state index contributed by atoms with van der Waals surface area (Å²) >= 11 is 1.59. The van der Waals surface area contributed by atoms with Gasteiger partial charge in [0, 0.05) is 40.8 Å². The number of piperazine rings is 1. The van der Waals surface area contributed by atoms with Gasteiger partial charge in [0.1, 0.15) is 23.9 Å². The van der Waals surface area contributed by atoms with E-state index >= 15 is 4.79 Å². The molecule has 3 aromatic carbocycles. The molecule has 0 saturated carbocycles. The molecular weight excluding hydrogens is 869 g/mol. The lowest BCUT2D eigenvalue weighted by Gasteiger charge is -2.62. The number of nitrogens with one attached hydrogen (secondary N) is 1. The molecule has 1 unspecified atom stereocenters.